The summed E-state index contributed by atoms with van der Waals surface area (Å²) in [5, 5.41) is 10.9. The number of piperidine rings is 2. The number of nitrogens with zero attached hydrogens (tertiary/aromatic N) is 3. The van der Waals surface area contributed by atoms with E-state index in [1.807, 2.05) is 0 Å². The Morgan fingerprint density at radius 2 is 1.43 bits per heavy atom. The second-order valence-electron chi connectivity index (χ2n) is 10.9. The average molecular weight is 616 g/mol. The molecular weight excluding hydrogens is 581 g/mol. The molecule has 2 saturated heterocycles. The van der Waals surface area contributed by atoms with E-state index in [0.29, 0.717) is 31.8 Å². The zero-order valence-electron chi connectivity index (χ0n) is 23.1. The van der Waals surface area contributed by atoms with E-state index < -0.39 is 42.5 Å². The number of carbonyl (C=O) groups excluding carboxylic acids is 2. The second kappa shape index (κ2) is 13.6. The molecule has 0 aromatic heterocycles. The Bertz CT molecular complexity index is 1210. The molecule has 0 aliphatic carbocycles. The van der Waals surface area contributed by atoms with Crippen LogP contribution >= 0.6 is 11.6 Å². The van der Waals surface area contributed by atoms with Crippen molar-refractivity contribution in [1.29, 1.82) is 0 Å². The van der Waals surface area contributed by atoms with Crippen molar-refractivity contribution < 1.29 is 36.6 Å². The summed E-state index contributed by atoms with van der Waals surface area (Å²) in [5.41, 5.74) is -3.08. The van der Waals surface area contributed by atoms with Crippen LogP contribution in [0, 0.1) is 11.8 Å². The maximum Gasteiger partial charge on any atom is 0.430 e. The summed E-state index contributed by atoms with van der Waals surface area (Å²) in [7, 11) is 0. The molecule has 2 aromatic carbocycles. The van der Waals surface area contributed by atoms with Crippen LogP contribution in [0.5, 0.6) is 0 Å². The van der Waals surface area contributed by atoms with Gasteiger partial charge in [0.25, 0.3) is 17.4 Å². The van der Waals surface area contributed by atoms with Crippen molar-refractivity contribution in [3.05, 3.63) is 64.7 Å². The maximum absolute atomic E-state index is 14.0. The Morgan fingerprint density at radius 1 is 0.881 bits per heavy atom. The molecule has 4 rings (SSSR count). The number of likely N-dealkylation sites (tertiary alicyclic amines) is 1. The lowest BCUT2D eigenvalue weighted by molar-refractivity contribution is -0.262. The van der Waals surface area contributed by atoms with Gasteiger partial charge in [0.05, 0.1) is 10.6 Å². The number of hydrogen-bond donors (Lipinski definition) is 1. The Hall–Kier alpha value is -2.92. The average Bonchev–Trinajstić information content (AvgIpc) is 3.00. The quantitative estimate of drug-likeness (QED) is 0.372. The van der Waals surface area contributed by atoms with Crippen LogP contribution in [0.15, 0.2) is 48.5 Å². The van der Waals surface area contributed by atoms with Crippen LogP contribution in [0.4, 0.5) is 27.6 Å². The van der Waals surface area contributed by atoms with E-state index in [0.717, 1.165) is 40.5 Å². The largest absolute Gasteiger partial charge is 0.430 e. The fraction of sp³-hybridized carbons (Fsp3) is 0.533. The highest BCUT2D eigenvalue weighted by molar-refractivity contribution is 6.34. The SMILES string of the molecule is O=C(c1ccc(N2CCC(C3CCN(C(=O)C(O)(c4ccccc4)C(F)(F)F)CC3)CC2)cc1Cl)N(CCF)CCF. The number of halogens is 6. The lowest BCUT2D eigenvalue weighted by atomic mass is 9.78. The highest BCUT2D eigenvalue weighted by Crippen LogP contribution is 2.42. The predicted octanol–water partition coefficient (Wildman–Crippen LogP) is 5.63. The van der Waals surface area contributed by atoms with Crippen LogP contribution in [0.1, 0.15) is 41.6 Å². The van der Waals surface area contributed by atoms with Gasteiger partial charge in [0.1, 0.15) is 13.3 Å². The first-order chi connectivity index (χ1) is 20.0. The molecule has 2 amide bonds. The minimum atomic E-state index is -5.16. The van der Waals surface area contributed by atoms with Crippen molar-refractivity contribution in [2.24, 2.45) is 11.8 Å². The molecule has 1 atom stereocenters. The highest BCUT2D eigenvalue weighted by Gasteiger charge is 2.62. The lowest BCUT2D eigenvalue weighted by Gasteiger charge is -2.42. The van der Waals surface area contributed by atoms with Gasteiger partial charge in [-0.05, 0) is 55.7 Å². The normalized spacial score (nSPS) is 18.5. The molecule has 2 heterocycles. The monoisotopic (exact) mass is 615 g/mol. The molecule has 0 radical (unpaired) electrons. The van der Waals surface area contributed by atoms with Crippen LogP contribution in [-0.2, 0) is 10.4 Å². The molecule has 0 spiro atoms. The van der Waals surface area contributed by atoms with Gasteiger partial charge in [-0.1, -0.05) is 41.9 Å². The minimum Gasteiger partial charge on any atom is -0.371 e. The van der Waals surface area contributed by atoms with Crippen LogP contribution < -0.4 is 4.90 Å². The van der Waals surface area contributed by atoms with Gasteiger partial charge in [0.15, 0.2) is 0 Å². The predicted molar refractivity (Wildman–Crippen MR) is 150 cm³/mol. The van der Waals surface area contributed by atoms with Gasteiger partial charge < -0.3 is 19.8 Å². The highest BCUT2D eigenvalue weighted by atomic mass is 35.5. The van der Waals surface area contributed by atoms with Crippen LogP contribution in [0.25, 0.3) is 0 Å². The van der Waals surface area contributed by atoms with Gasteiger partial charge in [-0.2, -0.15) is 13.2 Å². The summed E-state index contributed by atoms with van der Waals surface area (Å²) in [6.07, 6.45) is -2.37. The molecule has 2 aliphatic heterocycles. The minimum absolute atomic E-state index is 0.141. The fourth-order valence-corrected chi connectivity index (χ4v) is 6.34. The van der Waals surface area contributed by atoms with Crippen molar-refractivity contribution in [2.75, 3.05) is 57.5 Å². The Balaban J connectivity index is 1.33. The summed E-state index contributed by atoms with van der Waals surface area (Å²) in [6.45, 7) is -0.278. The topological polar surface area (TPSA) is 64.1 Å². The van der Waals surface area contributed by atoms with Crippen molar-refractivity contribution in [2.45, 2.75) is 37.5 Å². The Labute approximate surface area is 247 Å². The van der Waals surface area contributed by atoms with Gasteiger partial charge in [-0.25, -0.2) is 8.78 Å². The molecule has 1 N–H and O–H groups in total. The van der Waals surface area contributed by atoms with E-state index >= 15 is 0 Å². The summed E-state index contributed by atoms with van der Waals surface area (Å²) < 4.78 is 67.5. The summed E-state index contributed by atoms with van der Waals surface area (Å²) >= 11 is 6.39. The Morgan fingerprint density at radius 3 is 1.93 bits per heavy atom. The van der Waals surface area contributed by atoms with Gasteiger partial charge >= 0.3 is 6.18 Å². The molecule has 12 heteroatoms. The molecule has 6 nitrogen and oxygen atoms in total. The third kappa shape index (κ3) is 6.67. The Kier molecular flexibility index (Phi) is 10.4. The lowest BCUT2D eigenvalue weighted by Crippen LogP contribution is -2.57. The van der Waals surface area contributed by atoms with E-state index in [9.17, 15) is 36.6 Å². The van der Waals surface area contributed by atoms with E-state index in [1.165, 1.54) is 18.2 Å². The van der Waals surface area contributed by atoms with Crippen molar-refractivity contribution in [3.8, 4) is 0 Å². The van der Waals surface area contributed by atoms with Crippen molar-refractivity contribution in [3.63, 3.8) is 0 Å². The van der Waals surface area contributed by atoms with Crippen LogP contribution in [-0.4, -0.2) is 85.5 Å². The molecule has 2 aliphatic rings. The number of anilines is 1. The van der Waals surface area contributed by atoms with Gasteiger partial charge in [0.2, 0.25) is 0 Å². The van der Waals surface area contributed by atoms with Crippen LogP contribution in [0.2, 0.25) is 5.02 Å². The summed E-state index contributed by atoms with van der Waals surface area (Å²) in [6, 6.07) is 11.5. The number of amides is 2. The van der Waals surface area contributed by atoms with Crippen LogP contribution in [0.3, 0.4) is 0 Å². The van der Waals surface area contributed by atoms with Crippen molar-refractivity contribution >= 4 is 29.1 Å². The van der Waals surface area contributed by atoms with Gasteiger partial charge in [-0.3, -0.25) is 9.59 Å². The fourth-order valence-electron chi connectivity index (χ4n) is 6.08. The number of hydrogen-bond acceptors (Lipinski definition) is 4. The third-order valence-corrected chi connectivity index (χ3v) is 8.80. The number of alkyl halides is 5. The smallest absolute Gasteiger partial charge is 0.371 e. The van der Waals surface area contributed by atoms with E-state index in [4.69, 9.17) is 11.6 Å². The standard InChI is InChI=1S/C30H35ClF5N3O3/c31-26-20-24(6-7-25(26)27(40)38(18-12-32)19-13-33)37-14-8-21(9-15-37)22-10-16-39(17-11-22)28(41)29(42,30(34,35)36)23-4-2-1-3-5-23/h1-7,20-22,42H,8-19H2. The molecular formula is C30H35ClF5N3O3. The second-order valence-corrected chi connectivity index (χ2v) is 11.3. The third-order valence-electron chi connectivity index (χ3n) is 8.49. The summed E-state index contributed by atoms with van der Waals surface area (Å²) in [5.74, 6) is -1.29. The zero-order chi connectivity index (χ0) is 30.5. The molecule has 0 saturated carbocycles. The van der Waals surface area contributed by atoms with Gasteiger partial charge in [-0.15, -0.1) is 0 Å². The molecule has 0 bridgehead atoms. The van der Waals surface area contributed by atoms with E-state index in [2.05, 4.69) is 4.90 Å². The van der Waals surface area contributed by atoms with E-state index in [-0.39, 0.29) is 42.7 Å². The van der Waals surface area contributed by atoms with Crippen molar-refractivity contribution in [1.82, 2.24) is 9.80 Å². The number of benzene rings is 2. The molecule has 2 fully saturated rings. The number of carbonyl (C=O) groups is 2. The summed E-state index contributed by atoms with van der Waals surface area (Å²) in [4.78, 5) is 30.1. The first kappa shape index (κ1) is 32.0. The number of rotatable bonds is 9. The first-order valence-corrected chi connectivity index (χ1v) is 14.5. The zero-order valence-corrected chi connectivity index (χ0v) is 23.9. The van der Waals surface area contributed by atoms with E-state index in [1.54, 1.807) is 18.2 Å². The first-order valence-electron chi connectivity index (χ1n) is 14.1. The maximum atomic E-state index is 14.0. The number of aliphatic hydroxyl groups is 1. The van der Waals surface area contributed by atoms with Gasteiger partial charge in [0, 0.05) is 50.5 Å². The molecule has 1 unspecified atom stereocenters. The molecule has 2 aromatic rings. The molecule has 230 valence electrons. The molecule has 42 heavy (non-hydrogen) atoms.